The van der Waals surface area contributed by atoms with Crippen molar-refractivity contribution in [1.82, 2.24) is 9.13 Å². The number of nitriles is 2. The van der Waals surface area contributed by atoms with Crippen LogP contribution in [-0.4, -0.2) is 9.13 Å². The molecule has 0 atom stereocenters. The first kappa shape index (κ1) is 31.2. The average molecular weight is 647 g/mol. The Morgan fingerprint density at radius 3 is 1.48 bits per heavy atom. The smallest absolute Gasteiger partial charge is 0.0998 e. The Kier molecular flexibility index (Phi) is 7.00. The van der Waals surface area contributed by atoms with E-state index in [0.717, 1.165) is 55.3 Å². The summed E-state index contributed by atoms with van der Waals surface area (Å²) in [5.41, 5.74) is 11.4. The van der Waals surface area contributed by atoms with Gasteiger partial charge in [-0.15, -0.1) is 0 Å². The van der Waals surface area contributed by atoms with E-state index in [-0.39, 0.29) is 10.8 Å². The summed E-state index contributed by atoms with van der Waals surface area (Å²) in [6, 6.07) is 47.3. The number of fused-ring (bicyclic) bond motifs is 6. The second kappa shape index (κ2) is 11.2. The van der Waals surface area contributed by atoms with Gasteiger partial charge < -0.3 is 9.13 Å². The predicted octanol–water partition coefficient (Wildman–Crippen LogP) is 11.9. The van der Waals surface area contributed by atoms with Crippen molar-refractivity contribution >= 4 is 43.6 Å². The van der Waals surface area contributed by atoms with Crippen molar-refractivity contribution in [3.05, 3.63) is 144 Å². The van der Waals surface area contributed by atoms with Crippen molar-refractivity contribution in [1.29, 1.82) is 10.5 Å². The molecule has 4 heteroatoms. The standard InChI is InChI=1S/C46H38N4/c1-45(2,3)32-18-20-36-37-21-19-33(46(4,5)6)25-42(37)50(41(36)24-32)44-26-38(30-13-11-12-29(22-30)27-47)31(28-48)23-43(44)49-39-16-9-7-14-34(39)35-15-8-10-17-40(35)49/h7-26H,1-6H3. The highest BCUT2D eigenvalue weighted by Gasteiger charge is 2.25. The van der Waals surface area contributed by atoms with Crippen molar-refractivity contribution in [3.63, 3.8) is 0 Å². The lowest BCUT2D eigenvalue weighted by molar-refractivity contribution is 0.591. The normalized spacial score (nSPS) is 12.2. The van der Waals surface area contributed by atoms with Crippen LogP contribution in [0.25, 0.3) is 66.1 Å². The third kappa shape index (κ3) is 4.88. The van der Waals surface area contributed by atoms with Gasteiger partial charge in [0.1, 0.15) is 0 Å². The van der Waals surface area contributed by atoms with Crippen molar-refractivity contribution in [3.8, 4) is 34.6 Å². The van der Waals surface area contributed by atoms with E-state index >= 15 is 0 Å². The van der Waals surface area contributed by atoms with Gasteiger partial charge in [0, 0.05) is 27.1 Å². The van der Waals surface area contributed by atoms with Gasteiger partial charge in [0.15, 0.2) is 0 Å². The highest BCUT2D eigenvalue weighted by atomic mass is 15.1. The molecule has 0 fully saturated rings. The third-order valence-electron chi connectivity index (χ3n) is 10.1. The molecule has 0 saturated carbocycles. The largest absolute Gasteiger partial charge is 0.307 e. The van der Waals surface area contributed by atoms with Crippen LogP contribution in [0.2, 0.25) is 0 Å². The molecule has 0 amide bonds. The number of rotatable bonds is 3. The molecule has 0 aliphatic heterocycles. The predicted molar refractivity (Wildman–Crippen MR) is 207 cm³/mol. The molecule has 0 spiro atoms. The van der Waals surface area contributed by atoms with Gasteiger partial charge in [-0.05, 0) is 76.1 Å². The molecule has 4 nitrogen and oxygen atoms in total. The number of hydrogen-bond donors (Lipinski definition) is 0. The SMILES string of the molecule is CC(C)(C)c1ccc2c3ccc(C(C)(C)C)cc3n(-c3cc(-c4cccc(C#N)c4)c(C#N)cc3-n3c4ccccc4c4ccccc43)c2c1. The summed E-state index contributed by atoms with van der Waals surface area (Å²) < 4.78 is 4.72. The van der Waals surface area contributed by atoms with Crippen LogP contribution in [0.15, 0.2) is 121 Å². The molecule has 0 radical (unpaired) electrons. The molecular weight excluding hydrogens is 609 g/mol. The highest BCUT2D eigenvalue weighted by molar-refractivity contribution is 6.12. The molecule has 0 aliphatic carbocycles. The van der Waals surface area contributed by atoms with Crippen molar-refractivity contribution in [2.24, 2.45) is 0 Å². The molecule has 0 aliphatic rings. The molecule has 50 heavy (non-hydrogen) atoms. The monoisotopic (exact) mass is 646 g/mol. The Labute approximate surface area is 293 Å². The van der Waals surface area contributed by atoms with E-state index < -0.39 is 0 Å². The molecule has 0 unspecified atom stereocenters. The maximum absolute atomic E-state index is 10.7. The van der Waals surface area contributed by atoms with E-state index in [0.29, 0.717) is 11.1 Å². The third-order valence-corrected chi connectivity index (χ3v) is 10.1. The van der Waals surface area contributed by atoms with E-state index in [2.05, 4.69) is 154 Å². The first-order valence-electron chi connectivity index (χ1n) is 17.1. The number of para-hydroxylation sites is 2. The fraction of sp³-hybridized carbons (Fsp3) is 0.174. The van der Waals surface area contributed by atoms with Crippen LogP contribution >= 0.6 is 0 Å². The molecule has 0 saturated heterocycles. The van der Waals surface area contributed by atoms with E-state index in [1.807, 2.05) is 24.3 Å². The fourth-order valence-electron chi connectivity index (χ4n) is 7.42. The highest BCUT2D eigenvalue weighted by Crippen LogP contribution is 2.42. The van der Waals surface area contributed by atoms with E-state index in [1.165, 1.54) is 21.9 Å². The zero-order chi connectivity index (χ0) is 34.9. The average Bonchev–Trinajstić information content (AvgIpc) is 3.62. The van der Waals surface area contributed by atoms with Gasteiger partial charge >= 0.3 is 0 Å². The minimum Gasteiger partial charge on any atom is -0.307 e. The lowest BCUT2D eigenvalue weighted by atomic mass is 9.86. The Morgan fingerprint density at radius 2 is 0.960 bits per heavy atom. The Morgan fingerprint density at radius 1 is 0.460 bits per heavy atom. The van der Waals surface area contributed by atoms with Crippen molar-refractivity contribution < 1.29 is 0 Å². The van der Waals surface area contributed by atoms with Gasteiger partial charge in [0.25, 0.3) is 0 Å². The fourth-order valence-corrected chi connectivity index (χ4v) is 7.42. The maximum Gasteiger partial charge on any atom is 0.0998 e. The molecule has 6 aromatic carbocycles. The quantitative estimate of drug-likeness (QED) is 0.192. The lowest BCUT2D eigenvalue weighted by Crippen LogP contribution is -2.12. The van der Waals surface area contributed by atoms with Gasteiger partial charge in [-0.25, -0.2) is 0 Å². The molecule has 8 aromatic rings. The van der Waals surface area contributed by atoms with E-state index in [9.17, 15) is 10.5 Å². The van der Waals surface area contributed by atoms with Gasteiger partial charge in [0.2, 0.25) is 0 Å². The second-order valence-corrected chi connectivity index (χ2v) is 15.4. The minimum absolute atomic E-state index is 0.0603. The minimum atomic E-state index is -0.0603. The summed E-state index contributed by atoms with van der Waals surface area (Å²) in [5, 5.41) is 25.2. The Bertz CT molecular complexity index is 2620. The van der Waals surface area contributed by atoms with Crippen LogP contribution in [-0.2, 0) is 10.8 Å². The molecule has 242 valence electrons. The molecule has 0 N–H and O–H groups in total. The van der Waals surface area contributed by atoms with Gasteiger partial charge in [-0.1, -0.05) is 114 Å². The van der Waals surface area contributed by atoms with Crippen molar-refractivity contribution in [2.45, 2.75) is 52.4 Å². The number of aromatic nitrogens is 2. The Hall–Kier alpha value is -6.10. The molecule has 8 rings (SSSR count). The first-order chi connectivity index (χ1) is 24.0. The summed E-state index contributed by atoms with van der Waals surface area (Å²) in [5.74, 6) is 0. The summed E-state index contributed by atoms with van der Waals surface area (Å²) in [7, 11) is 0. The maximum atomic E-state index is 10.7. The van der Waals surface area contributed by atoms with Crippen LogP contribution in [0.5, 0.6) is 0 Å². The molecule has 2 heterocycles. The van der Waals surface area contributed by atoms with Crippen LogP contribution in [0.3, 0.4) is 0 Å². The second-order valence-electron chi connectivity index (χ2n) is 15.4. The van der Waals surface area contributed by atoms with Crippen LogP contribution in [0.1, 0.15) is 63.8 Å². The number of benzene rings is 6. The zero-order valence-corrected chi connectivity index (χ0v) is 29.3. The molecule has 0 bridgehead atoms. The molecular formula is C46H38N4. The van der Waals surface area contributed by atoms with Gasteiger partial charge in [-0.3, -0.25) is 0 Å². The van der Waals surface area contributed by atoms with Crippen molar-refractivity contribution in [2.75, 3.05) is 0 Å². The Balaban J connectivity index is 1.60. The van der Waals surface area contributed by atoms with Crippen LogP contribution in [0.4, 0.5) is 0 Å². The van der Waals surface area contributed by atoms with Crippen LogP contribution in [0, 0.1) is 22.7 Å². The van der Waals surface area contributed by atoms with E-state index in [4.69, 9.17) is 0 Å². The first-order valence-corrected chi connectivity index (χ1v) is 17.1. The van der Waals surface area contributed by atoms with Crippen LogP contribution < -0.4 is 0 Å². The summed E-state index contributed by atoms with van der Waals surface area (Å²) in [4.78, 5) is 0. The summed E-state index contributed by atoms with van der Waals surface area (Å²) in [6.07, 6.45) is 0. The number of hydrogen-bond acceptors (Lipinski definition) is 2. The molecule has 2 aromatic heterocycles. The van der Waals surface area contributed by atoms with Gasteiger partial charge in [-0.2, -0.15) is 10.5 Å². The van der Waals surface area contributed by atoms with E-state index in [1.54, 1.807) is 6.07 Å². The topological polar surface area (TPSA) is 57.4 Å². The lowest BCUT2D eigenvalue weighted by Gasteiger charge is -2.22. The zero-order valence-electron chi connectivity index (χ0n) is 29.3. The summed E-state index contributed by atoms with van der Waals surface area (Å²) >= 11 is 0. The number of nitrogens with zero attached hydrogens (tertiary/aromatic N) is 4. The van der Waals surface area contributed by atoms with Gasteiger partial charge in [0.05, 0.1) is 56.7 Å². The summed E-state index contributed by atoms with van der Waals surface area (Å²) in [6.45, 7) is 13.5.